The molecule has 3 rings (SSSR count). The molecule has 0 heterocycles. The predicted octanol–water partition coefficient (Wildman–Crippen LogP) is 4.76. The third-order valence-electron chi connectivity index (χ3n) is 4.95. The second-order valence-corrected chi connectivity index (χ2v) is 8.03. The van der Waals surface area contributed by atoms with Crippen LogP contribution in [0.15, 0.2) is 78.9 Å². The van der Waals surface area contributed by atoms with Gasteiger partial charge in [0.1, 0.15) is 11.8 Å². The van der Waals surface area contributed by atoms with Crippen LogP contribution in [0.3, 0.4) is 0 Å². The highest BCUT2D eigenvalue weighted by Gasteiger charge is 2.30. The van der Waals surface area contributed by atoms with Gasteiger partial charge in [-0.2, -0.15) is 0 Å². The summed E-state index contributed by atoms with van der Waals surface area (Å²) in [5.74, 6) is -0.193. The second-order valence-electron chi connectivity index (χ2n) is 7.19. The van der Waals surface area contributed by atoms with Gasteiger partial charge >= 0.3 is 0 Å². The number of nitrogens with one attached hydrogen (secondary N) is 1. The van der Waals surface area contributed by atoms with E-state index in [1.54, 1.807) is 43.4 Å². The van der Waals surface area contributed by atoms with Gasteiger partial charge in [0.05, 0.1) is 5.02 Å². The van der Waals surface area contributed by atoms with Crippen LogP contribution in [0.5, 0.6) is 5.75 Å². The number of halogens is 2. The van der Waals surface area contributed by atoms with Crippen molar-refractivity contribution in [1.29, 1.82) is 0 Å². The van der Waals surface area contributed by atoms with Gasteiger partial charge in [0.2, 0.25) is 5.91 Å². The second kappa shape index (κ2) is 11.6. The first kappa shape index (κ1) is 23.6. The van der Waals surface area contributed by atoms with E-state index in [2.05, 4.69) is 5.32 Å². The first-order chi connectivity index (χ1) is 15.5. The summed E-state index contributed by atoms with van der Waals surface area (Å²) < 4.78 is 5.67. The van der Waals surface area contributed by atoms with Crippen molar-refractivity contribution in [2.24, 2.45) is 0 Å². The minimum Gasteiger partial charge on any atom is -0.482 e. The fourth-order valence-corrected chi connectivity index (χ4v) is 3.74. The molecule has 1 N–H and O–H groups in total. The average Bonchev–Trinajstić information content (AvgIpc) is 2.81. The summed E-state index contributed by atoms with van der Waals surface area (Å²) in [7, 11) is 1.56. The highest BCUT2D eigenvalue weighted by atomic mass is 35.5. The summed E-state index contributed by atoms with van der Waals surface area (Å²) in [6, 6.07) is 23.0. The lowest BCUT2D eigenvalue weighted by Gasteiger charge is -2.31. The molecule has 0 aliphatic rings. The maximum Gasteiger partial charge on any atom is 0.261 e. The van der Waals surface area contributed by atoms with E-state index in [0.717, 1.165) is 11.1 Å². The van der Waals surface area contributed by atoms with E-state index in [4.69, 9.17) is 27.9 Å². The van der Waals surface area contributed by atoms with Crippen LogP contribution in [0.1, 0.15) is 11.1 Å². The van der Waals surface area contributed by atoms with Crippen molar-refractivity contribution in [1.82, 2.24) is 10.2 Å². The van der Waals surface area contributed by atoms with Gasteiger partial charge in [0.15, 0.2) is 6.61 Å². The Morgan fingerprint density at radius 3 is 2.31 bits per heavy atom. The van der Waals surface area contributed by atoms with E-state index in [9.17, 15) is 9.59 Å². The SMILES string of the molecule is CNC(=O)C(Cc1ccccc1)N(Cc1cccc(Cl)c1)C(=O)COc1ccccc1Cl. The Hall–Kier alpha value is -3.02. The molecule has 3 aromatic rings. The van der Waals surface area contributed by atoms with E-state index < -0.39 is 6.04 Å². The summed E-state index contributed by atoms with van der Waals surface area (Å²) in [5.41, 5.74) is 1.75. The van der Waals surface area contributed by atoms with Gasteiger partial charge in [-0.05, 0) is 35.4 Å². The number of nitrogens with zero attached hydrogens (tertiary/aromatic N) is 1. The Labute approximate surface area is 197 Å². The fourth-order valence-electron chi connectivity index (χ4n) is 3.34. The quantitative estimate of drug-likeness (QED) is 0.490. The van der Waals surface area contributed by atoms with E-state index in [1.165, 1.54) is 4.90 Å². The summed E-state index contributed by atoms with van der Waals surface area (Å²) >= 11 is 12.3. The number of carbonyl (C=O) groups is 2. The third kappa shape index (κ3) is 6.49. The van der Waals surface area contributed by atoms with Crippen LogP contribution < -0.4 is 10.1 Å². The largest absolute Gasteiger partial charge is 0.482 e. The molecule has 0 bridgehead atoms. The number of likely N-dealkylation sites (N-methyl/N-ethyl adjacent to an activating group) is 1. The number of hydrogen-bond donors (Lipinski definition) is 1. The van der Waals surface area contributed by atoms with E-state index in [-0.39, 0.29) is 25.0 Å². The molecule has 0 aliphatic heterocycles. The van der Waals surface area contributed by atoms with Gasteiger partial charge in [-0.1, -0.05) is 77.8 Å². The van der Waals surface area contributed by atoms with E-state index in [0.29, 0.717) is 22.2 Å². The van der Waals surface area contributed by atoms with Crippen molar-refractivity contribution >= 4 is 35.0 Å². The molecule has 0 aliphatic carbocycles. The lowest BCUT2D eigenvalue weighted by atomic mass is 10.0. The third-order valence-corrected chi connectivity index (χ3v) is 5.49. The molecule has 0 saturated heterocycles. The molecule has 0 fully saturated rings. The molecule has 1 atom stereocenters. The van der Waals surface area contributed by atoms with Crippen LogP contribution in [0.2, 0.25) is 10.0 Å². The maximum atomic E-state index is 13.3. The Morgan fingerprint density at radius 2 is 1.62 bits per heavy atom. The molecule has 0 saturated carbocycles. The lowest BCUT2D eigenvalue weighted by molar-refractivity contribution is -0.142. The Balaban J connectivity index is 1.88. The van der Waals surface area contributed by atoms with E-state index in [1.807, 2.05) is 42.5 Å². The molecule has 0 spiro atoms. The van der Waals surface area contributed by atoms with Gasteiger partial charge in [0, 0.05) is 25.0 Å². The minimum absolute atomic E-state index is 0.205. The molecule has 166 valence electrons. The Morgan fingerprint density at radius 1 is 0.938 bits per heavy atom. The molecule has 1 unspecified atom stereocenters. The van der Waals surface area contributed by atoms with Crippen LogP contribution in [-0.4, -0.2) is 36.4 Å². The van der Waals surface area contributed by atoms with Crippen molar-refractivity contribution < 1.29 is 14.3 Å². The molecule has 0 aromatic heterocycles. The highest BCUT2D eigenvalue weighted by molar-refractivity contribution is 6.32. The van der Waals surface area contributed by atoms with Crippen LogP contribution >= 0.6 is 23.2 Å². The van der Waals surface area contributed by atoms with Gasteiger partial charge in [-0.3, -0.25) is 9.59 Å². The summed E-state index contributed by atoms with van der Waals surface area (Å²) in [5, 5.41) is 3.65. The number of carbonyl (C=O) groups excluding carboxylic acids is 2. The fraction of sp³-hybridized carbons (Fsp3) is 0.200. The zero-order valence-corrected chi connectivity index (χ0v) is 19.1. The topological polar surface area (TPSA) is 58.6 Å². The van der Waals surface area contributed by atoms with Gasteiger partial charge in [-0.15, -0.1) is 0 Å². The highest BCUT2D eigenvalue weighted by Crippen LogP contribution is 2.24. The van der Waals surface area contributed by atoms with Crippen LogP contribution in [-0.2, 0) is 22.6 Å². The number of hydrogen-bond acceptors (Lipinski definition) is 3. The zero-order valence-electron chi connectivity index (χ0n) is 17.6. The number of rotatable bonds is 9. The minimum atomic E-state index is -0.733. The van der Waals surface area contributed by atoms with Crippen molar-refractivity contribution in [2.75, 3.05) is 13.7 Å². The summed E-state index contributed by atoms with van der Waals surface area (Å²) in [6.45, 7) is -0.0528. The first-order valence-electron chi connectivity index (χ1n) is 10.1. The Bertz CT molecular complexity index is 1060. The predicted molar refractivity (Wildman–Crippen MR) is 127 cm³/mol. The summed E-state index contributed by atoms with van der Waals surface area (Å²) in [4.78, 5) is 27.7. The van der Waals surface area contributed by atoms with E-state index >= 15 is 0 Å². The molecular formula is C25H24Cl2N2O3. The number of ether oxygens (including phenoxy) is 1. The smallest absolute Gasteiger partial charge is 0.261 e. The van der Waals surface area contributed by atoms with Crippen molar-refractivity contribution in [3.8, 4) is 5.75 Å². The maximum absolute atomic E-state index is 13.3. The molecule has 2 amide bonds. The first-order valence-corrected chi connectivity index (χ1v) is 10.9. The van der Waals surface area contributed by atoms with Crippen LogP contribution in [0.25, 0.3) is 0 Å². The molecular weight excluding hydrogens is 447 g/mol. The van der Waals surface area contributed by atoms with Gasteiger partial charge in [0.25, 0.3) is 5.91 Å². The van der Waals surface area contributed by atoms with Crippen molar-refractivity contribution in [2.45, 2.75) is 19.0 Å². The van der Waals surface area contributed by atoms with Crippen LogP contribution in [0, 0.1) is 0 Å². The van der Waals surface area contributed by atoms with Crippen molar-refractivity contribution in [3.05, 3.63) is 100 Å². The monoisotopic (exact) mass is 470 g/mol. The summed E-state index contributed by atoms with van der Waals surface area (Å²) in [6.07, 6.45) is 0.360. The Kier molecular flexibility index (Phi) is 8.54. The van der Waals surface area contributed by atoms with Crippen LogP contribution in [0.4, 0.5) is 0 Å². The van der Waals surface area contributed by atoms with Crippen molar-refractivity contribution in [3.63, 3.8) is 0 Å². The molecule has 5 nitrogen and oxygen atoms in total. The normalized spacial score (nSPS) is 11.5. The molecule has 0 radical (unpaired) electrons. The number of amides is 2. The number of benzene rings is 3. The zero-order chi connectivity index (χ0) is 22.9. The van der Waals surface area contributed by atoms with Gasteiger partial charge in [-0.25, -0.2) is 0 Å². The molecule has 32 heavy (non-hydrogen) atoms. The average molecular weight is 471 g/mol. The molecule has 7 heteroatoms. The molecule has 3 aromatic carbocycles. The number of para-hydroxylation sites is 1. The van der Waals surface area contributed by atoms with Gasteiger partial charge < -0.3 is 15.0 Å². The standard InChI is InChI=1S/C25H24Cl2N2O3/c1-28-25(31)22(15-18-8-3-2-4-9-18)29(16-19-10-7-11-20(26)14-19)24(30)17-32-23-13-6-5-12-21(23)27/h2-14,22H,15-17H2,1H3,(H,28,31). The lowest BCUT2D eigenvalue weighted by Crippen LogP contribution is -2.51.